The Balaban J connectivity index is -0.00000112. The molecule has 0 aliphatic heterocycles. The molecule has 0 unspecified atom stereocenters. The molecule has 0 saturated heterocycles. The zero-order valence-electron chi connectivity index (χ0n) is 9.82. The second-order valence-corrected chi connectivity index (χ2v) is 2.70. The fourth-order valence-corrected chi connectivity index (χ4v) is 0.681. The predicted octanol–water partition coefficient (Wildman–Crippen LogP) is -5.01. The van der Waals surface area contributed by atoms with Crippen LogP contribution >= 0.6 is 0 Å². The summed E-state index contributed by atoms with van der Waals surface area (Å²) in [4.78, 5) is 41.7. The number of hydrogen-bond donors (Lipinski definition) is 4. The maximum Gasteiger partial charge on any atom is 1.00 e. The van der Waals surface area contributed by atoms with E-state index in [4.69, 9.17) is 21.1 Å². The van der Waals surface area contributed by atoms with Crippen molar-refractivity contribution in [3.05, 3.63) is 0 Å². The van der Waals surface area contributed by atoms with Crippen LogP contribution in [0.3, 0.4) is 0 Å². The predicted molar refractivity (Wildman–Crippen MR) is 46.5 cm³/mol. The van der Waals surface area contributed by atoms with Crippen LogP contribution in [0.25, 0.3) is 0 Å². The number of aliphatic carboxylic acids is 3. The summed E-state index contributed by atoms with van der Waals surface area (Å²) in [5, 5.41) is 24.9. The second kappa shape index (κ2) is 8.01. The minimum absolute atomic E-state index is 0. The van der Waals surface area contributed by atoms with Crippen LogP contribution in [-0.4, -0.2) is 51.3 Å². The first-order chi connectivity index (χ1) is 7.25. The second-order valence-electron chi connectivity index (χ2n) is 2.70. The molecule has 1 atom stereocenters. The van der Waals surface area contributed by atoms with Crippen LogP contribution in [0.4, 0.5) is 0 Å². The Hall–Kier alpha value is -1.16. The van der Waals surface area contributed by atoms with E-state index in [0.717, 1.165) is 0 Å². The molecule has 5 N–H and O–H groups in total. The summed E-state index contributed by atoms with van der Waals surface area (Å²) in [5.41, 5.74) is 5.03. The monoisotopic (exact) mass is 259 g/mol. The van der Waals surface area contributed by atoms with Crippen molar-refractivity contribution in [2.45, 2.75) is 18.6 Å². The molecule has 0 aromatic rings. The van der Waals surface area contributed by atoms with Gasteiger partial charge in [-0.05, 0) is 0 Å². The minimum atomic E-state index is -2.40. The number of carboxylic acids is 3. The van der Waals surface area contributed by atoms with E-state index in [2.05, 4.69) is 4.74 Å². The normalized spacial score (nSPS) is 11.2. The van der Waals surface area contributed by atoms with Gasteiger partial charge in [0.1, 0.15) is 6.04 Å². The van der Waals surface area contributed by atoms with E-state index in [0.29, 0.717) is 0 Å². The maximum atomic E-state index is 11.0. The van der Waals surface area contributed by atoms with Crippen molar-refractivity contribution in [2.75, 3.05) is 0 Å². The van der Waals surface area contributed by atoms with Gasteiger partial charge >= 0.3 is 53.4 Å². The van der Waals surface area contributed by atoms with Crippen LogP contribution in [0, 0.1) is 0 Å². The number of esters is 1. The third-order valence-electron chi connectivity index (χ3n) is 1.38. The fourth-order valence-electron chi connectivity index (χ4n) is 0.681. The number of carboxylic acid groups (broad SMARTS) is 3. The number of nitrogens with two attached hydrogens (primary N) is 1. The van der Waals surface area contributed by atoms with Crippen molar-refractivity contribution in [3.8, 4) is 0 Å². The summed E-state index contributed by atoms with van der Waals surface area (Å²) in [6, 6.07) is -1.61. The summed E-state index contributed by atoms with van der Waals surface area (Å²) in [6.45, 7) is 0. The third-order valence-corrected chi connectivity index (χ3v) is 1.38. The molecule has 0 rings (SSSR count). The third kappa shape index (κ3) is 6.89. The summed E-state index contributed by atoms with van der Waals surface area (Å²) in [6.07, 6.45) is -3.18. The van der Waals surface area contributed by atoms with Gasteiger partial charge in [0.2, 0.25) is 0 Å². The average Bonchev–Trinajstić information content (AvgIpc) is 2.11. The summed E-state index contributed by atoms with van der Waals surface area (Å²) < 4.78 is 4.01. The van der Waals surface area contributed by atoms with Crippen LogP contribution < -0.4 is 35.3 Å². The Labute approximate surface area is 118 Å². The number of carbonyl (C=O) groups excluding carboxylic acids is 1. The molecule has 0 saturated carbocycles. The number of carbonyl (C=O) groups is 4. The van der Waals surface area contributed by atoms with Crippen LogP contribution in [0.5, 0.6) is 0 Å². The SMILES string of the molecule is N[C@@H](CC(=O)O)C(=O)OC(C(=O)O)C(=O)O.[H-].[Na+]. The molecule has 0 radical (unpaired) electrons. The molecule has 92 valence electrons. The zero-order valence-corrected chi connectivity index (χ0v) is 10.8. The van der Waals surface area contributed by atoms with Gasteiger partial charge in [0.15, 0.2) is 0 Å². The van der Waals surface area contributed by atoms with Gasteiger partial charge < -0.3 is 27.2 Å². The molecule has 0 amide bonds. The molecule has 0 aliphatic rings. The Morgan fingerprint density at radius 1 is 1.12 bits per heavy atom. The van der Waals surface area contributed by atoms with Crippen LogP contribution in [0.15, 0.2) is 0 Å². The molecule has 9 nitrogen and oxygen atoms in total. The van der Waals surface area contributed by atoms with Crippen molar-refractivity contribution in [1.29, 1.82) is 0 Å². The fraction of sp³-hybridized carbons (Fsp3) is 0.429. The van der Waals surface area contributed by atoms with Gasteiger partial charge in [0.05, 0.1) is 6.42 Å². The Morgan fingerprint density at radius 2 is 1.53 bits per heavy atom. The number of rotatable bonds is 6. The van der Waals surface area contributed by atoms with Gasteiger partial charge in [0.25, 0.3) is 6.10 Å². The number of ether oxygens (including phenoxy) is 1. The zero-order chi connectivity index (χ0) is 12.9. The topological polar surface area (TPSA) is 164 Å². The first-order valence-corrected chi connectivity index (χ1v) is 3.89. The molecular formula is C7H10NNaO8. The first kappa shape index (κ1) is 18.2. The number of hydrogen-bond acceptors (Lipinski definition) is 6. The molecule has 0 heterocycles. The van der Waals surface area contributed by atoms with E-state index < -0.39 is 42.4 Å². The van der Waals surface area contributed by atoms with Gasteiger partial charge in [-0.2, -0.15) is 0 Å². The Morgan fingerprint density at radius 3 is 1.82 bits per heavy atom. The van der Waals surface area contributed by atoms with Crippen molar-refractivity contribution >= 4 is 23.9 Å². The van der Waals surface area contributed by atoms with Gasteiger partial charge in [-0.1, -0.05) is 0 Å². The molecule has 10 heteroatoms. The Bertz CT molecular complexity index is 321. The maximum absolute atomic E-state index is 11.0. The van der Waals surface area contributed by atoms with Crippen molar-refractivity contribution in [1.82, 2.24) is 0 Å². The van der Waals surface area contributed by atoms with Crippen molar-refractivity contribution in [3.63, 3.8) is 0 Å². The van der Waals surface area contributed by atoms with E-state index in [-0.39, 0.29) is 31.0 Å². The standard InChI is InChI=1S/C7H9NO8.Na.H/c8-2(1-3(9)10)7(15)16-4(5(11)12)6(13)14;;/h2,4H,1,8H2,(H,9,10)(H,11,12)(H,13,14);;/q;+1;-1/t2-;;/m0../s1. The molecule has 0 aliphatic carbocycles. The van der Waals surface area contributed by atoms with Gasteiger partial charge in [-0.3, -0.25) is 9.59 Å². The van der Waals surface area contributed by atoms with Crippen LogP contribution in [-0.2, 0) is 23.9 Å². The van der Waals surface area contributed by atoms with E-state index in [9.17, 15) is 19.2 Å². The summed E-state index contributed by atoms with van der Waals surface area (Å²) >= 11 is 0. The average molecular weight is 259 g/mol. The molecular weight excluding hydrogens is 249 g/mol. The Kier molecular flexibility index (Phi) is 8.58. The van der Waals surface area contributed by atoms with Crippen LogP contribution in [0.2, 0.25) is 0 Å². The van der Waals surface area contributed by atoms with E-state index in [1.165, 1.54) is 0 Å². The summed E-state index contributed by atoms with van der Waals surface area (Å²) in [5.74, 6) is -6.57. The van der Waals surface area contributed by atoms with Crippen molar-refractivity contribution in [2.24, 2.45) is 5.73 Å². The van der Waals surface area contributed by atoms with E-state index in [1.54, 1.807) is 0 Å². The smallest absolute Gasteiger partial charge is 1.00 e. The largest absolute Gasteiger partial charge is 1.00 e. The van der Waals surface area contributed by atoms with E-state index in [1.807, 2.05) is 0 Å². The van der Waals surface area contributed by atoms with E-state index >= 15 is 0 Å². The quantitative estimate of drug-likeness (QED) is 0.207. The molecule has 0 aromatic heterocycles. The van der Waals surface area contributed by atoms with Gasteiger partial charge in [-0.25, -0.2) is 9.59 Å². The molecule has 17 heavy (non-hydrogen) atoms. The molecule has 0 bridgehead atoms. The molecule has 0 spiro atoms. The molecule has 0 aromatic carbocycles. The van der Waals surface area contributed by atoms with Crippen molar-refractivity contribution < 1.29 is 70.2 Å². The molecule has 0 fully saturated rings. The minimum Gasteiger partial charge on any atom is -1.00 e. The van der Waals surface area contributed by atoms with Crippen LogP contribution in [0.1, 0.15) is 7.85 Å². The van der Waals surface area contributed by atoms with Gasteiger partial charge in [0, 0.05) is 0 Å². The first-order valence-electron chi connectivity index (χ1n) is 3.89. The summed E-state index contributed by atoms with van der Waals surface area (Å²) in [7, 11) is 0. The van der Waals surface area contributed by atoms with Gasteiger partial charge in [-0.15, -0.1) is 0 Å².